The van der Waals surface area contributed by atoms with Crippen molar-refractivity contribution < 1.29 is 13.2 Å². The summed E-state index contributed by atoms with van der Waals surface area (Å²) in [7, 11) is 0. The molecule has 0 saturated heterocycles. The van der Waals surface area contributed by atoms with Gasteiger partial charge in [0.25, 0.3) is 0 Å². The molecule has 0 saturated carbocycles. The van der Waals surface area contributed by atoms with Crippen LogP contribution in [0.25, 0.3) is 22.4 Å². The third-order valence-corrected chi connectivity index (χ3v) is 4.40. The minimum absolute atomic E-state index is 0.444. The lowest BCUT2D eigenvalue weighted by Crippen LogP contribution is -2.05. The van der Waals surface area contributed by atoms with Crippen molar-refractivity contribution in [3.63, 3.8) is 0 Å². The molecule has 0 amide bonds. The Labute approximate surface area is 136 Å². The number of nitrogen functional groups attached to an aromatic ring is 1. The summed E-state index contributed by atoms with van der Waals surface area (Å²) in [6.45, 7) is 0. The van der Waals surface area contributed by atoms with Crippen molar-refractivity contribution in [3.8, 4) is 22.4 Å². The number of pyridine rings is 1. The monoisotopic (exact) mass is 326 g/mol. The first kappa shape index (κ1) is 14.8. The van der Waals surface area contributed by atoms with Gasteiger partial charge in [-0.25, -0.2) is 0 Å². The van der Waals surface area contributed by atoms with Crippen LogP contribution in [0.5, 0.6) is 0 Å². The Kier molecular flexibility index (Phi) is 3.13. The molecule has 0 radical (unpaired) electrons. The van der Waals surface area contributed by atoms with Crippen LogP contribution in [0.4, 0.5) is 18.9 Å². The van der Waals surface area contributed by atoms with Crippen molar-refractivity contribution in [3.05, 3.63) is 71.4 Å². The second-order valence-corrected chi connectivity index (χ2v) is 5.82. The van der Waals surface area contributed by atoms with Crippen molar-refractivity contribution in [2.45, 2.75) is 12.6 Å². The minimum Gasteiger partial charge on any atom is -0.398 e. The topological polar surface area (TPSA) is 38.9 Å². The summed E-state index contributed by atoms with van der Waals surface area (Å²) in [6, 6.07) is 14.3. The summed E-state index contributed by atoms with van der Waals surface area (Å²) in [5, 5.41) is 0. The molecule has 0 fully saturated rings. The summed E-state index contributed by atoms with van der Waals surface area (Å²) in [4.78, 5) is 3.95. The first-order chi connectivity index (χ1) is 11.4. The van der Waals surface area contributed by atoms with Crippen LogP contribution >= 0.6 is 0 Å². The van der Waals surface area contributed by atoms with Gasteiger partial charge in [0.15, 0.2) is 0 Å². The Morgan fingerprint density at radius 1 is 0.875 bits per heavy atom. The van der Waals surface area contributed by atoms with Crippen molar-refractivity contribution >= 4 is 5.69 Å². The fraction of sp³-hybridized carbons (Fsp3) is 0.105. The molecule has 1 aromatic heterocycles. The third-order valence-electron chi connectivity index (χ3n) is 4.40. The lowest BCUT2D eigenvalue weighted by molar-refractivity contribution is -0.137. The van der Waals surface area contributed by atoms with Gasteiger partial charge in [0.05, 0.1) is 11.3 Å². The standard InChI is InChI=1S/C19H13F3N2/c20-19(21,22)12-5-8-17(24-10-12)15-7-6-14-13-4-2-1-3-11(13)9-16(14)18(15)23/h1-8,10H,9,23H2. The fourth-order valence-electron chi connectivity index (χ4n) is 3.18. The molecule has 2 N–H and O–H groups in total. The summed E-state index contributed by atoms with van der Waals surface area (Å²) in [5.41, 5.74) is 11.7. The molecule has 0 unspecified atom stereocenters. The van der Waals surface area contributed by atoms with Crippen LogP contribution in [0.2, 0.25) is 0 Å². The average molecular weight is 326 g/mol. The lowest BCUT2D eigenvalue weighted by Gasteiger charge is -2.12. The molecule has 5 heteroatoms. The van der Waals surface area contributed by atoms with E-state index in [0.29, 0.717) is 16.9 Å². The quantitative estimate of drug-likeness (QED) is 0.504. The average Bonchev–Trinajstić information content (AvgIpc) is 2.94. The predicted molar refractivity (Wildman–Crippen MR) is 87.3 cm³/mol. The second kappa shape index (κ2) is 5.09. The Balaban J connectivity index is 1.78. The zero-order valence-electron chi connectivity index (χ0n) is 12.6. The Morgan fingerprint density at radius 2 is 1.62 bits per heavy atom. The van der Waals surface area contributed by atoms with E-state index in [4.69, 9.17) is 5.73 Å². The summed E-state index contributed by atoms with van der Waals surface area (Å²) in [6.07, 6.45) is -2.82. The van der Waals surface area contributed by atoms with Crippen LogP contribution in [-0.2, 0) is 12.6 Å². The number of hydrogen-bond acceptors (Lipinski definition) is 2. The highest BCUT2D eigenvalue weighted by atomic mass is 19.4. The Morgan fingerprint density at radius 3 is 2.33 bits per heavy atom. The van der Waals surface area contributed by atoms with Gasteiger partial charge in [0.2, 0.25) is 0 Å². The number of hydrogen-bond donors (Lipinski definition) is 1. The first-order valence-corrected chi connectivity index (χ1v) is 7.48. The van der Waals surface area contributed by atoms with Gasteiger partial charge >= 0.3 is 6.18 Å². The molecular weight excluding hydrogens is 313 g/mol. The van der Waals surface area contributed by atoms with Gasteiger partial charge in [-0.3, -0.25) is 4.98 Å². The van der Waals surface area contributed by atoms with Crippen molar-refractivity contribution in [1.82, 2.24) is 4.98 Å². The molecule has 4 rings (SSSR count). The largest absolute Gasteiger partial charge is 0.417 e. The number of alkyl halides is 3. The van der Waals surface area contributed by atoms with Crippen LogP contribution in [0.3, 0.4) is 0 Å². The molecule has 24 heavy (non-hydrogen) atoms. The van der Waals surface area contributed by atoms with Gasteiger partial charge in [-0.1, -0.05) is 36.4 Å². The molecular formula is C19H13F3N2. The number of anilines is 1. The molecule has 1 aliphatic rings. The molecule has 0 spiro atoms. The lowest BCUT2D eigenvalue weighted by atomic mass is 9.99. The summed E-state index contributed by atoms with van der Waals surface area (Å²) in [5.74, 6) is 0. The van der Waals surface area contributed by atoms with Gasteiger partial charge in [0.1, 0.15) is 0 Å². The maximum atomic E-state index is 12.7. The van der Waals surface area contributed by atoms with Crippen LogP contribution < -0.4 is 5.73 Å². The zero-order valence-corrected chi connectivity index (χ0v) is 12.6. The highest BCUT2D eigenvalue weighted by molar-refractivity contribution is 5.88. The molecule has 1 aliphatic carbocycles. The smallest absolute Gasteiger partial charge is 0.398 e. The Bertz CT molecular complexity index is 928. The maximum absolute atomic E-state index is 12.7. The van der Waals surface area contributed by atoms with Crippen LogP contribution in [0.1, 0.15) is 16.7 Å². The number of aromatic nitrogens is 1. The van der Waals surface area contributed by atoms with E-state index in [-0.39, 0.29) is 0 Å². The van der Waals surface area contributed by atoms with E-state index in [2.05, 4.69) is 17.1 Å². The predicted octanol–water partition coefficient (Wildman–Crippen LogP) is 4.92. The molecule has 3 aromatic rings. The number of nitrogens with two attached hydrogens (primary N) is 1. The fourth-order valence-corrected chi connectivity index (χ4v) is 3.18. The number of rotatable bonds is 1. The van der Waals surface area contributed by atoms with E-state index in [9.17, 15) is 13.2 Å². The number of nitrogens with zero attached hydrogens (tertiary/aromatic N) is 1. The van der Waals surface area contributed by atoms with Crippen molar-refractivity contribution in [2.24, 2.45) is 0 Å². The van der Waals surface area contributed by atoms with Crippen LogP contribution in [-0.4, -0.2) is 4.98 Å². The van der Waals surface area contributed by atoms with Gasteiger partial charge in [0, 0.05) is 23.9 Å². The van der Waals surface area contributed by atoms with Crippen molar-refractivity contribution in [1.29, 1.82) is 0 Å². The van der Waals surface area contributed by atoms with E-state index < -0.39 is 11.7 Å². The van der Waals surface area contributed by atoms with Gasteiger partial charge in [-0.15, -0.1) is 0 Å². The molecule has 1 heterocycles. The number of fused-ring (bicyclic) bond motifs is 3. The maximum Gasteiger partial charge on any atom is 0.417 e. The molecule has 0 bridgehead atoms. The highest BCUT2D eigenvalue weighted by Crippen LogP contribution is 2.42. The van der Waals surface area contributed by atoms with E-state index in [1.165, 1.54) is 11.6 Å². The first-order valence-electron chi connectivity index (χ1n) is 7.48. The minimum atomic E-state index is -4.39. The zero-order chi connectivity index (χ0) is 16.9. The van der Waals surface area contributed by atoms with Crippen LogP contribution in [0, 0.1) is 0 Å². The van der Waals surface area contributed by atoms with E-state index >= 15 is 0 Å². The SMILES string of the molecule is Nc1c(-c2ccc(C(F)(F)F)cn2)ccc2c1Cc1ccccc1-2. The van der Waals surface area contributed by atoms with E-state index in [1.807, 2.05) is 24.3 Å². The molecule has 2 nitrogen and oxygen atoms in total. The molecule has 0 aliphatic heterocycles. The van der Waals surface area contributed by atoms with Gasteiger partial charge < -0.3 is 5.73 Å². The van der Waals surface area contributed by atoms with E-state index in [1.54, 1.807) is 0 Å². The van der Waals surface area contributed by atoms with Crippen LogP contribution in [0.15, 0.2) is 54.7 Å². The normalized spacial score (nSPS) is 12.8. The second-order valence-electron chi connectivity index (χ2n) is 5.82. The molecule has 120 valence electrons. The number of benzene rings is 2. The third kappa shape index (κ3) is 2.24. The van der Waals surface area contributed by atoms with Crippen molar-refractivity contribution in [2.75, 3.05) is 5.73 Å². The highest BCUT2D eigenvalue weighted by Gasteiger charge is 2.31. The van der Waals surface area contributed by atoms with Gasteiger partial charge in [-0.2, -0.15) is 13.2 Å². The van der Waals surface area contributed by atoms with Gasteiger partial charge in [-0.05, 0) is 34.4 Å². The molecule has 0 atom stereocenters. The summed E-state index contributed by atoms with van der Waals surface area (Å²) < 4.78 is 38.0. The van der Waals surface area contributed by atoms with E-state index in [0.717, 1.165) is 35.4 Å². The Hall–Kier alpha value is -2.82. The number of halogens is 3. The summed E-state index contributed by atoms with van der Waals surface area (Å²) >= 11 is 0. The molecule has 2 aromatic carbocycles.